The third-order valence-corrected chi connectivity index (χ3v) is 6.62. The van der Waals surface area contributed by atoms with Crippen molar-refractivity contribution in [3.63, 3.8) is 0 Å². The number of aryl methyl sites for hydroxylation is 2. The summed E-state index contributed by atoms with van der Waals surface area (Å²) in [7, 11) is 4.10. The van der Waals surface area contributed by atoms with Gasteiger partial charge in [0.25, 0.3) is 0 Å². The van der Waals surface area contributed by atoms with Crippen LogP contribution in [-0.4, -0.2) is 50.7 Å². The number of rotatable bonds is 9. The van der Waals surface area contributed by atoms with Gasteiger partial charge in [0.1, 0.15) is 5.82 Å². The Kier molecular flexibility index (Phi) is 7.29. The van der Waals surface area contributed by atoms with Gasteiger partial charge in [0.15, 0.2) is 5.65 Å². The molecule has 0 aliphatic rings. The highest BCUT2D eigenvalue weighted by atomic mass is 19.1. The molecule has 38 heavy (non-hydrogen) atoms. The third-order valence-electron chi connectivity index (χ3n) is 6.62. The second kappa shape index (κ2) is 10.9. The van der Waals surface area contributed by atoms with E-state index in [9.17, 15) is 4.39 Å². The molecule has 0 saturated heterocycles. The molecule has 0 saturated carbocycles. The molecule has 0 aliphatic carbocycles. The van der Waals surface area contributed by atoms with Crippen molar-refractivity contribution in [2.45, 2.75) is 19.8 Å². The summed E-state index contributed by atoms with van der Waals surface area (Å²) < 4.78 is 14.7. The Hall–Kier alpha value is -4.36. The van der Waals surface area contributed by atoms with Gasteiger partial charge in [-0.05, 0) is 99.1 Å². The average molecular weight is 507 g/mol. The molecule has 1 aromatic carbocycles. The average Bonchev–Trinajstić information content (AvgIpc) is 3.50. The summed E-state index contributed by atoms with van der Waals surface area (Å²) in [6, 6.07) is 13.4. The Morgan fingerprint density at radius 3 is 2.66 bits per heavy atom. The van der Waals surface area contributed by atoms with Crippen molar-refractivity contribution in [1.82, 2.24) is 30.0 Å². The summed E-state index contributed by atoms with van der Waals surface area (Å²) in [6.07, 6.45) is 10.8. The number of allylic oxidation sites excluding steroid dienone is 2. The van der Waals surface area contributed by atoms with Crippen LogP contribution in [0.25, 0.3) is 39.1 Å². The lowest BCUT2D eigenvalue weighted by molar-refractivity contribution is 0.400. The van der Waals surface area contributed by atoms with Crippen molar-refractivity contribution in [1.29, 1.82) is 0 Å². The van der Waals surface area contributed by atoms with Crippen molar-refractivity contribution in [2.24, 2.45) is 0 Å². The Bertz CT molecular complexity index is 1610. The maximum absolute atomic E-state index is 14.7. The molecule has 7 heteroatoms. The molecule has 192 valence electrons. The van der Waals surface area contributed by atoms with E-state index in [-0.39, 0.29) is 5.82 Å². The fraction of sp³-hybridized carbons (Fsp3) is 0.194. The Morgan fingerprint density at radius 1 is 1.08 bits per heavy atom. The van der Waals surface area contributed by atoms with Crippen LogP contribution in [0.4, 0.5) is 4.39 Å². The number of hydrogen-bond acceptors (Lipinski definition) is 4. The number of aromatic nitrogens is 5. The quantitative estimate of drug-likeness (QED) is 0.222. The maximum Gasteiger partial charge on any atom is 0.181 e. The molecule has 5 rings (SSSR count). The van der Waals surface area contributed by atoms with E-state index in [4.69, 9.17) is 0 Å². The lowest BCUT2D eigenvalue weighted by Crippen LogP contribution is -2.13. The molecule has 2 N–H and O–H groups in total. The molecule has 0 unspecified atom stereocenters. The van der Waals surface area contributed by atoms with E-state index in [0.29, 0.717) is 5.65 Å². The zero-order chi connectivity index (χ0) is 26.6. The van der Waals surface area contributed by atoms with Crippen LogP contribution in [0.15, 0.2) is 79.8 Å². The van der Waals surface area contributed by atoms with Crippen molar-refractivity contribution >= 4 is 16.6 Å². The fourth-order valence-corrected chi connectivity index (χ4v) is 4.79. The minimum absolute atomic E-state index is 0.236. The van der Waals surface area contributed by atoms with Crippen molar-refractivity contribution in [3.8, 4) is 22.5 Å². The van der Waals surface area contributed by atoms with Gasteiger partial charge in [-0.2, -0.15) is 5.10 Å². The lowest BCUT2D eigenvalue weighted by Gasteiger charge is -2.12. The van der Waals surface area contributed by atoms with Crippen LogP contribution < -0.4 is 0 Å². The first-order valence-electron chi connectivity index (χ1n) is 12.6. The highest BCUT2D eigenvalue weighted by Crippen LogP contribution is 2.34. The molecule has 0 bridgehead atoms. The van der Waals surface area contributed by atoms with Gasteiger partial charge in [0.05, 0.1) is 11.4 Å². The molecular weight excluding hydrogens is 475 g/mol. The Morgan fingerprint density at radius 2 is 1.89 bits per heavy atom. The molecule has 0 aliphatic heterocycles. The molecule has 4 heterocycles. The van der Waals surface area contributed by atoms with Gasteiger partial charge in [-0.1, -0.05) is 24.8 Å². The summed E-state index contributed by atoms with van der Waals surface area (Å²) in [5.74, 6) is -0.236. The summed E-state index contributed by atoms with van der Waals surface area (Å²) in [6.45, 7) is 6.89. The number of pyridine rings is 2. The Balaban J connectivity index is 1.53. The van der Waals surface area contributed by atoms with Crippen molar-refractivity contribution in [3.05, 3.63) is 108 Å². The predicted octanol–water partition coefficient (Wildman–Crippen LogP) is 6.57. The SMILES string of the molecule is C=C/C=C(/c1cc(F)cc(CCCN(C)C)c1)c1cc(-c2[nH]nc3ncc(-c4ccncc4)cc23)[nH]c1C. The van der Waals surface area contributed by atoms with Gasteiger partial charge in [0, 0.05) is 40.8 Å². The molecular formula is C31H31FN6. The molecule has 0 fully saturated rings. The molecule has 4 aromatic heterocycles. The topological polar surface area (TPSA) is 73.5 Å². The highest BCUT2D eigenvalue weighted by molar-refractivity contribution is 5.94. The maximum atomic E-state index is 14.7. The minimum Gasteiger partial charge on any atom is -0.357 e. The van der Waals surface area contributed by atoms with Crippen molar-refractivity contribution < 1.29 is 4.39 Å². The summed E-state index contributed by atoms with van der Waals surface area (Å²) in [5, 5.41) is 8.48. The van der Waals surface area contributed by atoms with Crippen LogP contribution >= 0.6 is 0 Å². The molecule has 0 amide bonds. The predicted molar refractivity (Wildman–Crippen MR) is 152 cm³/mol. The molecule has 0 spiro atoms. The normalized spacial score (nSPS) is 12.0. The third kappa shape index (κ3) is 5.33. The van der Waals surface area contributed by atoms with Gasteiger partial charge < -0.3 is 9.88 Å². The number of H-pyrrole nitrogens is 2. The van der Waals surface area contributed by atoms with Crippen LogP contribution in [0.3, 0.4) is 0 Å². The number of nitrogens with zero attached hydrogens (tertiary/aromatic N) is 4. The fourth-order valence-electron chi connectivity index (χ4n) is 4.79. The minimum atomic E-state index is -0.236. The second-order valence-electron chi connectivity index (χ2n) is 9.72. The van der Waals surface area contributed by atoms with Gasteiger partial charge >= 0.3 is 0 Å². The molecule has 5 aromatic rings. The van der Waals surface area contributed by atoms with Crippen LogP contribution in [0.1, 0.15) is 28.8 Å². The van der Waals surface area contributed by atoms with E-state index in [1.54, 1.807) is 30.6 Å². The number of fused-ring (bicyclic) bond motifs is 1. The second-order valence-corrected chi connectivity index (χ2v) is 9.72. The first kappa shape index (κ1) is 25.3. The molecule has 6 nitrogen and oxygen atoms in total. The number of hydrogen-bond donors (Lipinski definition) is 2. The first-order valence-corrected chi connectivity index (χ1v) is 12.6. The van der Waals surface area contributed by atoms with Crippen LogP contribution in [-0.2, 0) is 6.42 Å². The van der Waals surface area contributed by atoms with Crippen molar-refractivity contribution in [2.75, 3.05) is 20.6 Å². The van der Waals surface area contributed by atoms with Gasteiger partial charge in [-0.15, -0.1) is 0 Å². The number of benzene rings is 1. The van der Waals surface area contributed by atoms with E-state index in [1.807, 2.05) is 45.4 Å². The largest absolute Gasteiger partial charge is 0.357 e. The van der Waals surface area contributed by atoms with Gasteiger partial charge in [0.2, 0.25) is 0 Å². The zero-order valence-electron chi connectivity index (χ0n) is 21.9. The standard InChI is InChI=1S/C31H31FN6/c1-5-7-26(23-14-21(15-25(32)16-23)8-6-13-38(3)4)27-18-29(35-20(27)2)30-28-17-24(19-34-31(28)37-36-30)22-9-11-33-12-10-22/h5,7,9-12,14-19,35H,1,6,8,13H2,2-4H3,(H,34,36,37)/b26-7-. The van der Waals surface area contributed by atoms with E-state index >= 15 is 0 Å². The summed E-state index contributed by atoms with van der Waals surface area (Å²) in [4.78, 5) is 14.3. The number of nitrogens with one attached hydrogen (secondary N) is 2. The van der Waals surface area contributed by atoms with Crippen LogP contribution in [0, 0.1) is 12.7 Å². The number of halogens is 1. The van der Waals surface area contributed by atoms with E-state index in [2.05, 4.69) is 54.8 Å². The van der Waals surface area contributed by atoms with Crippen LogP contribution in [0.5, 0.6) is 0 Å². The monoisotopic (exact) mass is 506 g/mol. The van der Waals surface area contributed by atoms with Crippen LogP contribution in [0.2, 0.25) is 0 Å². The van der Waals surface area contributed by atoms with E-state index < -0.39 is 0 Å². The van der Waals surface area contributed by atoms with E-state index in [0.717, 1.165) is 75.2 Å². The van der Waals surface area contributed by atoms with E-state index in [1.165, 1.54) is 0 Å². The zero-order valence-corrected chi connectivity index (χ0v) is 21.9. The van der Waals surface area contributed by atoms with Gasteiger partial charge in [-0.25, -0.2) is 9.37 Å². The molecule has 0 radical (unpaired) electrons. The molecule has 0 atom stereocenters. The summed E-state index contributed by atoms with van der Waals surface area (Å²) >= 11 is 0. The number of aromatic amines is 2. The Labute approximate surface area is 222 Å². The smallest absolute Gasteiger partial charge is 0.181 e. The lowest BCUT2D eigenvalue weighted by atomic mass is 9.94. The first-order chi connectivity index (χ1) is 18.4. The summed E-state index contributed by atoms with van der Waals surface area (Å²) in [5.41, 5.74) is 9.06. The highest BCUT2D eigenvalue weighted by Gasteiger charge is 2.17. The van der Waals surface area contributed by atoms with Gasteiger partial charge in [-0.3, -0.25) is 10.1 Å².